The highest BCUT2D eigenvalue weighted by molar-refractivity contribution is 6.32. The lowest BCUT2D eigenvalue weighted by Crippen LogP contribution is -2.23. The molecule has 3 nitrogen and oxygen atoms in total. The number of ether oxygens (including phenoxy) is 1. The van der Waals surface area contributed by atoms with E-state index < -0.39 is 11.4 Å². The Morgan fingerprint density at radius 1 is 1.44 bits per heavy atom. The topological polar surface area (TPSA) is 46.5 Å². The molecule has 0 bridgehead atoms. The van der Waals surface area contributed by atoms with Crippen LogP contribution < -0.4 is 4.74 Å². The summed E-state index contributed by atoms with van der Waals surface area (Å²) in [4.78, 5) is 11.0. The fourth-order valence-corrected chi connectivity index (χ4v) is 2.36. The van der Waals surface area contributed by atoms with Gasteiger partial charge in [0.15, 0.2) is 0 Å². The SMILES string of the molecule is CCc1cc(Cl)c(OC)c(C(C)(C)CC(=O)O)c1. The predicted octanol–water partition coefficient (Wildman–Crippen LogP) is 3.66. The van der Waals surface area contributed by atoms with Crippen LogP contribution in [0.5, 0.6) is 5.75 Å². The monoisotopic (exact) mass is 270 g/mol. The summed E-state index contributed by atoms with van der Waals surface area (Å²) in [5.74, 6) is -0.264. The Morgan fingerprint density at radius 3 is 2.50 bits per heavy atom. The van der Waals surface area contributed by atoms with Crippen LogP contribution in [0.1, 0.15) is 38.3 Å². The number of carbonyl (C=O) groups is 1. The summed E-state index contributed by atoms with van der Waals surface area (Å²) in [6.45, 7) is 5.80. The number of rotatable bonds is 5. The average Bonchev–Trinajstić information content (AvgIpc) is 2.26. The summed E-state index contributed by atoms with van der Waals surface area (Å²) >= 11 is 6.18. The largest absolute Gasteiger partial charge is 0.495 e. The minimum Gasteiger partial charge on any atom is -0.495 e. The van der Waals surface area contributed by atoms with Crippen LogP contribution in [0.25, 0.3) is 0 Å². The Kier molecular flexibility index (Phi) is 4.63. The molecule has 0 aromatic heterocycles. The van der Waals surface area contributed by atoms with E-state index >= 15 is 0 Å². The fourth-order valence-electron chi connectivity index (χ4n) is 2.04. The van der Waals surface area contributed by atoms with Gasteiger partial charge < -0.3 is 9.84 Å². The molecule has 0 unspecified atom stereocenters. The van der Waals surface area contributed by atoms with E-state index in [4.69, 9.17) is 21.4 Å². The van der Waals surface area contributed by atoms with Gasteiger partial charge in [-0.3, -0.25) is 4.79 Å². The maximum absolute atomic E-state index is 11.0. The lowest BCUT2D eigenvalue weighted by atomic mass is 9.80. The van der Waals surface area contributed by atoms with Crippen LogP contribution in [0.15, 0.2) is 12.1 Å². The van der Waals surface area contributed by atoms with E-state index in [2.05, 4.69) is 0 Å². The molecule has 18 heavy (non-hydrogen) atoms. The number of aliphatic carboxylic acids is 1. The molecule has 0 aliphatic rings. The molecule has 100 valence electrons. The molecule has 0 saturated heterocycles. The molecule has 4 heteroatoms. The number of halogens is 1. The molecule has 1 aromatic carbocycles. The summed E-state index contributed by atoms with van der Waals surface area (Å²) in [6, 6.07) is 3.84. The standard InChI is InChI=1S/C14H19ClO3/c1-5-9-6-10(13(18-4)11(15)7-9)14(2,3)8-12(16)17/h6-7H,5,8H2,1-4H3,(H,16,17). The normalized spacial score (nSPS) is 11.4. The highest BCUT2D eigenvalue weighted by atomic mass is 35.5. The molecule has 1 N–H and O–H groups in total. The summed E-state index contributed by atoms with van der Waals surface area (Å²) in [5.41, 5.74) is 1.40. The molecule has 0 heterocycles. The van der Waals surface area contributed by atoms with Crippen molar-refractivity contribution in [2.75, 3.05) is 7.11 Å². The number of hydrogen-bond acceptors (Lipinski definition) is 2. The number of carboxylic acids is 1. The second-order valence-corrected chi connectivity index (χ2v) is 5.37. The molecule has 0 aliphatic heterocycles. The molecule has 0 radical (unpaired) electrons. The lowest BCUT2D eigenvalue weighted by molar-refractivity contribution is -0.138. The smallest absolute Gasteiger partial charge is 0.304 e. The Morgan fingerprint density at radius 2 is 2.06 bits per heavy atom. The number of aryl methyl sites for hydroxylation is 1. The zero-order valence-electron chi connectivity index (χ0n) is 11.2. The highest BCUT2D eigenvalue weighted by Gasteiger charge is 2.29. The minimum atomic E-state index is -0.833. The average molecular weight is 271 g/mol. The lowest BCUT2D eigenvalue weighted by Gasteiger charge is -2.26. The molecule has 0 aliphatic carbocycles. The van der Waals surface area contributed by atoms with Crippen molar-refractivity contribution in [3.8, 4) is 5.75 Å². The second kappa shape index (κ2) is 5.61. The first-order valence-electron chi connectivity index (χ1n) is 5.90. The fraction of sp³-hybridized carbons (Fsp3) is 0.500. The van der Waals surface area contributed by atoms with Gasteiger partial charge in [0, 0.05) is 11.0 Å². The zero-order valence-corrected chi connectivity index (χ0v) is 12.0. The number of hydrogen-bond donors (Lipinski definition) is 1. The third kappa shape index (κ3) is 3.16. The van der Waals surface area contributed by atoms with Crippen LogP contribution in [-0.4, -0.2) is 18.2 Å². The first kappa shape index (κ1) is 14.8. The van der Waals surface area contributed by atoms with Crippen molar-refractivity contribution in [1.29, 1.82) is 0 Å². The first-order chi connectivity index (χ1) is 8.31. The van der Waals surface area contributed by atoms with E-state index in [0.717, 1.165) is 17.5 Å². The van der Waals surface area contributed by atoms with E-state index in [9.17, 15) is 4.79 Å². The molecular formula is C14H19ClO3. The van der Waals surface area contributed by atoms with Gasteiger partial charge in [-0.15, -0.1) is 0 Å². The summed E-state index contributed by atoms with van der Waals surface area (Å²) in [5, 5.41) is 9.53. The van der Waals surface area contributed by atoms with Gasteiger partial charge in [-0.25, -0.2) is 0 Å². The number of methoxy groups -OCH3 is 1. The number of benzene rings is 1. The molecule has 1 aromatic rings. The van der Waals surface area contributed by atoms with E-state index in [1.165, 1.54) is 0 Å². The summed E-state index contributed by atoms with van der Waals surface area (Å²) in [7, 11) is 1.55. The van der Waals surface area contributed by atoms with Crippen LogP contribution in [0.3, 0.4) is 0 Å². The Hall–Kier alpha value is -1.22. The van der Waals surface area contributed by atoms with Crippen LogP contribution in [0.2, 0.25) is 5.02 Å². The van der Waals surface area contributed by atoms with Gasteiger partial charge in [0.05, 0.1) is 18.6 Å². The van der Waals surface area contributed by atoms with Crippen molar-refractivity contribution in [2.24, 2.45) is 0 Å². The minimum absolute atomic E-state index is 0.0346. The predicted molar refractivity (Wildman–Crippen MR) is 72.7 cm³/mol. The molecule has 0 saturated carbocycles. The maximum atomic E-state index is 11.0. The highest BCUT2D eigenvalue weighted by Crippen LogP contribution is 2.39. The summed E-state index contributed by atoms with van der Waals surface area (Å²) in [6.07, 6.45) is 0.882. The van der Waals surface area contributed by atoms with E-state index in [0.29, 0.717) is 10.8 Å². The summed E-state index contributed by atoms with van der Waals surface area (Å²) < 4.78 is 5.32. The van der Waals surface area contributed by atoms with Crippen molar-refractivity contribution in [2.45, 2.75) is 39.0 Å². The van der Waals surface area contributed by atoms with Crippen LogP contribution >= 0.6 is 11.6 Å². The van der Waals surface area contributed by atoms with Crippen molar-refractivity contribution in [1.82, 2.24) is 0 Å². The molecular weight excluding hydrogens is 252 g/mol. The number of carboxylic acid groups (broad SMARTS) is 1. The van der Waals surface area contributed by atoms with Crippen molar-refractivity contribution >= 4 is 17.6 Å². The van der Waals surface area contributed by atoms with Gasteiger partial charge in [0.2, 0.25) is 0 Å². The Bertz CT molecular complexity index is 453. The second-order valence-electron chi connectivity index (χ2n) is 4.97. The van der Waals surface area contributed by atoms with Crippen molar-refractivity contribution < 1.29 is 14.6 Å². The zero-order chi connectivity index (χ0) is 13.9. The Labute approximate surface area is 113 Å². The van der Waals surface area contributed by atoms with Gasteiger partial charge >= 0.3 is 5.97 Å². The third-order valence-electron chi connectivity index (χ3n) is 3.04. The van der Waals surface area contributed by atoms with Gasteiger partial charge in [-0.2, -0.15) is 0 Å². The van der Waals surface area contributed by atoms with E-state index in [-0.39, 0.29) is 6.42 Å². The molecule has 1 rings (SSSR count). The van der Waals surface area contributed by atoms with Gasteiger partial charge in [-0.1, -0.05) is 38.4 Å². The van der Waals surface area contributed by atoms with Gasteiger partial charge in [0.25, 0.3) is 0 Å². The van der Waals surface area contributed by atoms with Crippen molar-refractivity contribution in [3.05, 3.63) is 28.3 Å². The molecule has 0 atom stereocenters. The molecule has 0 fully saturated rings. The van der Waals surface area contributed by atoms with Crippen LogP contribution in [-0.2, 0) is 16.6 Å². The first-order valence-corrected chi connectivity index (χ1v) is 6.28. The maximum Gasteiger partial charge on any atom is 0.304 e. The third-order valence-corrected chi connectivity index (χ3v) is 3.32. The molecule has 0 amide bonds. The van der Waals surface area contributed by atoms with E-state index in [1.807, 2.05) is 32.9 Å². The van der Waals surface area contributed by atoms with Crippen molar-refractivity contribution in [3.63, 3.8) is 0 Å². The van der Waals surface area contributed by atoms with Gasteiger partial charge in [0.1, 0.15) is 5.75 Å². The van der Waals surface area contributed by atoms with E-state index in [1.54, 1.807) is 7.11 Å². The quantitative estimate of drug-likeness (QED) is 0.888. The van der Waals surface area contributed by atoms with Crippen LogP contribution in [0, 0.1) is 0 Å². The molecule has 0 spiro atoms. The van der Waals surface area contributed by atoms with Gasteiger partial charge in [-0.05, 0) is 18.1 Å². The Balaban J connectivity index is 3.36. The van der Waals surface area contributed by atoms with Crippen LogP contribution in [0.4, 0.5) is 0 Å².